The Bertz CT molecular complexity index is 1660. The van der Waals surface area contributed by atoms with Crippen molar-refractivity contribution >= 4 is 27.5 Å². The van der Waals surface area contributed by atoms with Crippen molar-refractivity contribution in [3.05, 3.63) is 100 Å². The number of benzene rings is 3. The molecule has 10 heteroatoms. The molecule has 0 aliphatic carbocycles. The van der Waals surface area contributed by atoms with Crippen LogP contribution in [0.15, 0.2) is 82.1 Å². The van der Waals surface area contributed by atoms with Crippen molar-refractivity contribution in [3.8, 4) is 17.1 Å². The minimum Gasteiger partial charge on any atom is -0.497 e. The lowest BCUT2D eigenvalue weighted by atomic mass is 10.2. The van der Waals surface area contributed by atoms with E-state index in [1.165, 1.54) is 4.31 Å². The summed E-state index contributed by atoms with van der Waals surface area (Å²) >= 11 is 6.34. The minimum absolute atomic E-state index is 0.0202. The van der Waals surface area contributed by atoms with Gasteiger partial charge in [-0.15, -0.1) is 5.10 Å². The molecule has 0 N–H and O–H groups in total. The molecule has 37 heavy (non-hydrogen) atoms. The van der Waals surface area contributed by atoms with Gasteiger partial charge in [0, 0.05) is 12.1 Å². The first-order valence-corrected chi connectivity index (χ1v) is 13.4. The van der Waals surface area contributed by atoms with Gasteiger partial charge in [-0.2, -0.15) is 13.8 Å². The number of oxazole rings is 1. The number of rotatable bonds is 8. The fraction of sp³-hybridized carbons (Fsp3) is 0.185. The molecular formula is C27H25ClN4O4S. The molecule has 0 bridgehead atoms. The number of aromatic nitrogens is 3. The Balaban J connectivity index is 1.56. The lowest BCUT2D eigenvalue weighted by Gasteiger charge is -2.22. The van der Waals surface area contributed by atoms with Gasteiger partial charge in [-0.05, 0) is 55.8 Å². The van der Waals surface area contributed by atoms with E-state index >= 15 is 0 Å². The van der Waals surface area contributed by atoms with Crippen LogP contribution in [0.5, 0.6) is 5.75 Å². The van der Waals surface area contributed by atoms with E-state index in [1.807, 2.05) is 37.3 Å². The predicted molar refractivity (Wildman–Crippen MR) is 141 cm³/mol. The maximum atomic E-state index is 13.8. The Morgan fingerprint density at radius 3 is 2.35 bits per heavy atom. The average Bonchev–Trinajstić information content (AvgIpc) is 3.42. The lowest BCUT2D eigenvalue weighted by molar-refractivity contribution is 0.390. The minimum atomic E-state index is -3.87. The Morgan fingerprint density at radius 1 is 0.973 bits per heavy atom. The molecule has 2 heterocycles. The van der Waals surface area contributed by atoms with E-state index in [0.29, 0.717) is 33.6 Å². The monoisotopic (exact) mass is 536 g/mol. The molecule has 0 atom stereocenters. The summed E-state index contributed by atoms with van der Waals surface area (Å²) in [6.45, 7) is 3.84. The van der Waals surface area contributed by atoms with Crippen molar-refractivity contribution in [1.29, 1.82) is 0 Å². The van der Waals surface area contributed by atoms with Crippen LogP contribution in [0.4, 0.5) is 0 Å². The first-order chi connectivity index (χ1) is 17.8. The second-order valence-corrected chi connectivity index (χ2v) is 11.0. The third-order valence-corrected chi connectivity index (χ3v) is 8.24. The quantitative estimate of drug-likeness (QED) is 0.254. The molecule has 2 aromatic heterocycles. The highest BCUT2D eigenvalue weighted by Gasteiger charge is 2.28. The maximum Gasteiger partial charge on any atom is 0.325 e. The van der Waals surface area contributed by atoms with Crippen LogP contribution in [-0.2, 0) is 23.1 Å². The number of nitrogens with zero attached hydrogens (tertiary/aromatic N) is 4. The van der Waals surface area contributed by atoms with Gasteiger partial charge in [0.25, 0.3) is 0 Å². The molecular weight excluding hydrogens is 512 g/mol. The first kappa shape index (κ1) is 25.0. The molecule has 0 fully saturated rings. The number of ether oxygens (including phenoxy) is 1. The third kappa shape index (κ3) is 4.98. The average molecular weight is 537 g/mol. The number of sulfonamides is 1. The number of hydrogen-bond acceptors (Lipinski definition) is 6. The van der Waals surface area contributed by atoms with Crippen molar-refractivity contribution in [2.75, 3.05) is 7.11 Å². The molecule has 0 amide bonds. The van der Waals surface area contributed by atoms with E-state index in [2.05, 4.69) is 10.1 Å². The Hall–Kier alpha value is -3.66. The fourth-order valence-electron chi connectivity index (χ4n) is 4.01. The summed E-state index contributed by atoms with van der Waals surface area (Å²) in [6, 6.07) is 21.4. The van der Waals surface area contributed by atoms with Gasteiger partial charge in [0.1, 0.15) is 17.2 Å². The van der Waals surface area contributed by atoms with Gasteiger partial charge < -0.3 is 9.15 Å². The van der Waals surface area contributed by atoms with Crippen LogP contribution >= 0.6 is 11.6 Å². The number of halogens is 1. The molecule has 0 saturated carbocycles. The highest BCUT2D eigenvalue weighted by molar-refractivity contribution is 7.89. The number of fused-ring (bicyclic) bond motifs is 1. The predicted octanol–water partition coefficient (Wildman–Crippen LogP) is 5.66. The summed E-state index contributed by atoms with van der Waals surface area (Å²) in [4.78, 5) is 4.69. The molecule has 8 nitrogen and oxygen atoms in total. The highest BCUT2D eigenvalue weighted by atomic mass is 35.5. The van der Waals surface area contributed by atoms with Crippen LogP contribution in [0.2, 0.25) is 5.02 Å². The third-order valence-electron chi connectivity index (χ3n) is 6.10. The second-order valence-electron chi connectivity index (χ2n) is 8.65. The van der Waals surface area contributed by atoms with E-state index in [0.717, 1.165) is 11.1 Å². The van der Waals surface area contributed by atoms with Crippen LogP contribution in [0.1, 0.15) is 22.6 Å². The number of aryl methyl sites for hydroxylation is 2. The number of hydrogen-bond donors (Lipinski definition) is 0. The van der Waals surface area contributed by atoms with Crippen molar-refractivity contribution in [1.82, 2.24) is 18.9 Å². The Morgan fingerprint density at radius 2 is 1.68 bits per heavy atom. The maximum absolute atomic E-state index is 13.8. The van der Waals surface area contributed by atoms with E-state index in [9.17, 15) is 8.42 Å². The molecule has 0 spiro atoms. The van der Waals surface area contributed by atoms with E-state index in [-0.39, 0.29) is 23.8 Å². The van der Waals surface area contributed by atoms with Gasteiger partial charge in [0.2, 0.25) is 10.0 Å². The van der Waals surface area contributed by atoms with Gasteiger partial charge in [-0.1, -0.05) is 53.6 Å². The van der Waals surface area contributed by atoms with Crippen LogP contribution < -0.4 is 4.74 Å². The zero-order chi connectivity index (χ0) is 26.2. The summed E-state index contributed by atoms with van der Waals surface area (Å²) < 4.78 is 41.7. The fourth-order valence-corrected chi connectivity index (χ4v) is 5.62. The topological polar surface area (TPSA) is 89.9 Å². The smallest absolute Gasteiger partial charge is 0.325 e. The molecule has 0 aliphatic rings. The van der Waals surface area contributed by atoms with Gasteiger partial charge >= 0.3 is 5.84 Å². The highest BCUT2D eigenvalue weighted by Crippen LogP contribution is 2.28. The summed E-state index contributed by atoms with van der Waals surface area (Å²) in [5.41, 5.74) is 3.02. The molecule has 0 unspecified atom stereocenters. The molecule has 5 rings (SSSR count). The SMILES string of the molecule is COc1ccc(CN(Cc2c(C)oc3nc(-c4ccccc4Cl)nn23)S(=O)(=O)c2ccc(C)cc2)cc1. The van der Waals surface area contributed by atoms with Crippen LogP contribution in [0, 0.1) is 13.8 Å². The molecule has 0 aliphatic heterocycles. The van der Waals surface area contributed by atoms with Crippen LogP contribution in [0.3, 0.4) is 0 Å². The molecule has 0 saturated heterocycles. The summed E-state index contributed by atoms with van der Waals surface area (Å²) in [6.07, 6.45) is 0. The summed E-state index contributed by atoms with van der Waals surface area (Å²) in [5, 5.41) is 5.11. The van der Waals surface area contributed by atoms with Crippen molar-refractivity contribution < 1.29 is 17.6 Å². The van der Waals surface area contributed by atoms with Gasteiger partial charge in [0.15, 0.2) is 5.82 Å². The van der Waals surface area contributed by atoms with Crippen LogP contribution in [-0.4, -0.2) is 34.4 Å². The van der Waals surface area contributed by atoms with E-state index < -0.39 is 10.0 Å². The van der Waals surface area contributed by atoms with Crippen molar-refractivity contribution in [2.45, 2.75) is 31.8 Å². The molecule has 0 radical (unpaired) electrons. The lowest BCUT2D eigenvalue weighted by Crippen LogP contribution is -2.31. The Labute approximate surface area is 220 Å². The number of methoxy groups -OCH3 is 1. The van der Waals surface area contributed by atoms with Gasteiger partial charge in [0.05, 0.1) is 23.6 Å². The van der Waals surface area contributed by atoms with Gasteiger partial charge in [-0.25, -0.2) is 8.42 Å². The van der Waals surface area contributed by atoms with E-state index in [1.54, 1.807) is 61.0 Å². The normalized spacial score (nSPS) is 11.9. The van der Waals surface area contributed by atoms with Gasteiger partial charge in [-0.3, -0.25) is 0 Å². The standard InChI is InChI=1S/C27H25ClN4O4S/c1-18-8-14-22(15-9-18)37(33,34)31(16-20-10-12-21(35-3)13-11-20)17-25-19(2)36-27-29-26(30-32(25)27)23-6-4-5-7-24(23)28/h4-15H,16-17H2,1-3H3. The summed E-state index contributed by atoms with van der Waals surface area (Å²) in [7, 11) is -2.28. The van der Waals surface area contributed by atoms with Crippen molar-refractivity contribution in [3.63, 3.8) is 0 Å². The van der Waals surface area contributed by atoms with Crippen LogP contribution in [0.25, 0.3) is 17.2 Å². The zero-order valence-corrected chi connectivity index (χ0v) is 22.1. The summed E-state index contributed by atoms with van der Waals surface area (Å²) in [5.74, 6) is 1.88. The molecule has 5 aromatic rings. The zero-order valence-electron chi connectivity index (χ0n) is 20.6. The molecule has 190 valence electrons. The second kappa shape index (κ2) is 10.0. The largest absolute Gasteiger partial charge is 0.497 e. The molecule has 3 aromatic carbocycles. The van der Waals surface area contributed by atoms with Crippen molar-refractivity contribution in [2.24, 2.45) is 0 Å². The first-order valence-electron chi connectivity index (χ1n) is 11.6. The van der Waals surface area contributed by atoms with E-state index in [4.69, 9.17) is 20.8 Å². The Kier molecular flexibility index (Phi) is 6.76.